The first kappa shape index (κ1) is 25.1. The summed E-state index contributed by atoms with van der Waals surface area (Å²) in [5.41, 5.74) is 0.523. The minimum absolute atomic E-state index is 0.0428. The van der Waals surface area contributed by atoms with Crippen LogP contribution in [0.2, 0.25) is 0 Å². The van der Waals surface area contributed by atoms with Crippen LogP contribution in [0.5, 0.6) is 0 Å². The number of sulfonamides is 1. The zero-order chi connectivity index (χ0) is 21.9. The van der Waals surface area contributed by atoms with Crippen LogP contribution in [0.1, 0.15) is 66.2 Å². The molecule has 0 unspecified atom stereocenters. The minimum atomic E-state index is -3.77. The van der Waals surface area contributed by atoms with Gasteiger partial charge >= 0.3 is 0 Å². The first-order chi connectivity index (χ1) is 13.7. The zero-order valence-corrected chi connectivity index (χ0v) is 18.8. The van der Waals surface area contributed by atoms with Gasteiger partial charge in [-0.15, -0.1) is 0 Å². The summed E-state index contributed by atoms with van der Waals surface area (Å²) in [6.45, 7) is 7.92. The second-order valence-electron chi connectivity index (χ2n) is 7.65. The maximum atomic E-state index is 12.7. The molecule has 0 spiro atoms. The number of rotatable bonds is 13. The highest BCUT2D eigenvalue weighted by molar-refractivity contribution is 7.89. The average molecular weight is 426 g/mol. The van der Waals surface area contributed by atoms with Crippen molar-refractivity contribution in [3.63, 3.8) is 0 Å². The summed E-state index contributed by atoms with van der Waals surface area (Å²) in [6.07, 6.45) is 5.67. The first-order valence-electron chi connectivity index (χ1n) is 10.3. The lowest BCUT2D eigenvalue weighted by molar-refractivity contribution is -0.121. The average Bonchev–Trinajstić information content (AvgIpc) is 2.63. The van der Waals surface area contributed by atoms with Crippen molar-refractivity contribution in [1.82, 2.24) is 10.0 Å². The molecule has 0 fully saturated rings. The summed E-state index contributed by atoms with van der Waals surface area (Å²) < 4.78 is 28.0. The molecular weight excluding hydrogens is 390 g/mol. The van der Waals surface area contributed by atoms with E-state index in [0.29, 0.717) is 12.2 Å². The zero-order valence-electron chi connectivity index (χ0n) is 18.0. The number of hydrogen-bond donors (Lipinski definition) is 3. The SMILES string of the molecule is CCCCCCCNC(=O)C[C@@H](NS(=O)(=O)c1ccc(NC(C)=O)cc1)C(C)C. The van der Waals surface area contributed by atoms with Gasteiger partial charge in [-0.1, -0.05) is 46.5 Å². The molecule has 3 N–H and O–H groups in total. The topological polar surface area (TPSA) is 104 Å². The lowest BCUT2D eigenvalue weighted by Gasteiger charge is -2.22. The van der Waals surface area contributed by atoms with Crippen LogP contribution < -0.4 is 15.4 Å². The van der Waals surface area contributed by atoms with E-state index in [-0.39, 0.29) is 29.0 Å². The van der Waals surface area contributed by atoms with Crippen LogP contribution in [0.4, 0.5) is 5.69 Å². The highest BCUT2D eigenvalue weighted by Crippen LogP contribution is 2.17. The maximum absolute atomic E-state index is 12.7. The van der Waals surface area contributed by atoms with Gasteiger partial charge < -0.3 is 10.6 Å². The fourth-order valence-corrected chi connectivity index (χ4v) is 4.21. The molecule has 164 valence electrons. The van der Waals surface area contributed by atoms with Crippen LogP contribution in [0.25, 0.3) is 0 Å². The number of anilines is 1. The van der Waals surface area contributed by atoms with Gasteiger partial charge in [0.2, 0.25) is 21.8 Å². The Balaban J connectivity index is 2.62. The van der Waals surface area contributed by atoms with Crippen molar-refractivity contribution in [2.45, 2.75) is 77.2 Å². The van der Waals surface area contributed by atoms with Crippen molar-refractivity contribution in [2.24, 2.45) is 5.92 Å². The van der Waals surface area contributed by atoms with Crippen molar-refractivity contribution >= 4 is 27.5 Å². The normalized spacial score (nSPS) is 12.6. The second kappa shape index (κ2) is 12.6. The molecule has 0 aromatic heterocycles. The van der Waals surface area contributed by atoms with E-state index in [4.69, 9.17) is 0 Å². The van der Waals surface area contributed by atoms with Crippen molar-refractivity contribution in [2.75, 3.05) is 11.9 Å². The highest BCUT2D eigenvalue weighted by Gasteiger charge is 2.24. The summed E-state index contributed by atoms with van der Waals surface area (Å²) in [6, 6.07) is 5.43. The molecule has 0 radical (unpaired) electrons. The number of carbonyl (C=O) groups excluding carboxylic acids is 2. The van der Waals surface area contributed by atoms with E-state index in [2.05, 4.69) is 22.3 Å². The largest absolute Gasteiger partial charge is 0.356 e. The molecule has 0 saturated heterocycles. The summed E-state index contributed by atoms with van der Waals surface area (Å²) in [5, 5.41) is 5.48. The minimum Gasteiger partial charge on any atom is -0.356 e. The Kier molecular flexibility index (Phi) is 10.9. The molecule has 2 amide bonds. The Labute approximate surface area is 175 Å². The Morgan fingerprint density at radius 1 is 1.00 bits per heavy atom. The van der Waals surface area contributed by atoms with Crippen LogP contribution in [0, 0.1) is 5.92 Å². The van der Waals surface area contributed by atoms with E-state index in [0.717, 1.165) is 12.8 Å². The van der Waals surface area contributed by atoms with Gasteiger partial charge in [0.1, 0.15) is 0 Å². The molecular formula is C21H35N3O4S. The van der Waals surface area contributed by atoms with Crippen LogP contribution in [0.3, 0.4) is 0 Å². The second-order valence-corrected chi connectivity index (χ2v) is 9.36. The highest BCUT2D eigenvalue weighted by atomic mass is 32.2. The van der Waals surface area contributed by atoms with Crippen molar-refractivity contribution < 1.29 is 18.0 Å². The van der Waals surface area contributed by atoms with Gasteiger partial charge in [0, 0.05) is 31.6 Å². The lowest BCUT2D eigenvalue weighted by Crippen LogP contribution is -2.42. The van der Waals surface area contributed by atoms with Gasteiger partial charge in [0.05, 0.1) is 4.90 Å². The molecule has 0 aliphatic heterocycles. The summed E-state index contributed by atoms with van der Waals surface area (Å²) >= 11 is 0. The summed E-state index contributed by atoms with van der Waals surface area (Å²) in [7, 11) is -3.77. The van der Waals surface area contributed by atoms with Crippen LogP contribution in [-0.2, 0) is 19.6 Å². The van der Waals surface area contributed by atoms with Crippen LogP contribution >= 0.6 is 0 Å². The van der Waals surface area contributed by atoms with Crippen LogP contribution in [0.15, 0.2) is 29.2 Å². The van der Waals surface area contributed by atoms with E-state index < -0.39 is 16.1 Å². The standard InChI is InChI=1S/C21H35N3O4S/c1-5-6-7-8-9-14-22-21(26)15-20(16(2)3)24-29(27,28)19-12-10-18(11-13-19)23-17(4)25/h10-13,16,20,24H,5-9,14-15H2,1-4H3,(H,22,26)(H,23,25)/t20-/m1/s1. The molecule has 1 rings (SSSR count). The van der Waals surface area contributed by atoms with Gasteiger partial charge in [-0.05, 0) is 36.6 Å². The van der Waals surface area contributed by atoms with Crippen LogP contribution in [-0.4, -0.2) is 32.8 Å². The maximum Gasteiger partial charge on any atom is 0.240 e. The number of nitrogens with one attached hydrogen (secondary N) is 3. The Hall–Kier alpha value is -1.93. The fraction of sp³-hybridized carbons (Fsp3) is 0.619. The summed E-state index contributed by atoms with van der Waals surface area (Å²) in [5.74, 6) is -0.420. The number of unbranched alkanes of at least 4 members (excludes halogenated alkanes) is 4. The van der Waals surface area contributed by atoms with Gasteiger partial charge in [-0.25, -0.2) is 13.1 Å². The molecule has 1 atom stereocenters. The molecule has 0 aliphatic rings. The van der Waals surface area contributed by atoms with Gasteiger partial charge in [-0.2, -0.15) is 0 Å². The number of amides is 2. The van der Waals surface area contributed by atoms with Gasteiger partial charge in [-0.3, -0.25) is 9.59 Å². The van der Waals surface area contributed by atoms with E-state index >= 15 is 0 Å². The smallest absolute Gasteiger partial charge is 0.240 e. The predicted molar refractivity (Wildman–Crippen MR) is 116 cm³/mol. The third-order valence-corrected chi connectivity index (χ3v) is 6.11. The third kappa shape index (κ3) is 9.89. The fourth-order valence-electron chi connectivity index (χ4n) is 2.83. The van der Waals surface area contributed by atoms with Crippen molar-refractivity contribution in [1.29, 1.82) is 0 Å². The Morgan fingerprint density at radius 2 is 1.62 bits per heavy atom. The molecule has 8 heteroatoms. The quantitative estimate of drug-likeness (QED) is 0.421. The molecule has 29 heavy (non-hydrogen) atoms. The Morgan fingerprint density at radius 3 is 2.17 bits per heavy atom. The summed E-state index contributed by atoms with van der Waals surface area (Å²) in [4.78, 5) is 23.4. The number of hydrogen-bond acceptors (Lipinski definition) is 4. The van der Waals surface area contributed by atoms with E-state index in [1.54, 1.807) is 0 Å². The van der Waals surface area contributed by atoms with Gasteiger partial charge in [0.25, 0.3) is 0 Å². The monoisotopic (exact) mass is 425 g/mol. The molecule has 1 aromatic carbocycles. The molecule has 0 heterocycles. The van der Waals surface area contributed by atoms with E-state index in [1.165, 1.54) is 50.5 Å². The lowest BCUT2D eigenvalue weighted by atomic mass is 10.0. The molecule has 7 nitrogen and oxygen atoms in total. The van der Waals surface area contributed by atoms with Crippen molar-refractivity contribution in [3.05, 3.63) is 24.3 Å². The first-order valence-corrected chi connectivity index (χ1v) is 11.8. The third-order valence-electron chi connectivity index (χ3n) is 4.60. The van der Waals surface area contributed by atoms with Gasteiger partial charge in [0.15, 0.2) is 0 Å². The Bertz CT molecular complexity index is 746. The molecule has 0 bridgehead atoms. The molecule has 0 aliphatic carbocycles. The van der Waals surface area contributed by atoms with E-state index in [9.17, 15) is 18.0 Å². The van der Waals surface area contributed by atoms with E-state index in [1.807, 2.05) is 13.8 Å². The molecule has 0 saturated carbocycles. The molecule has 1 aromatic rings. The number of carbonyl (C=O) groups is 2. The predicted octanol–water partition coefficient (Wildman–Crippen LogP) is 3.42. The van der Waals surface area contributed by atoms with Crippen molar-refractivity contribution in [3.8, 4) is 0 Å². The number of benzene rings is 1.